The van der Waals surface area contributed by atoms with E-state index in [1.165, 1.54) is 0 Å². The highest BCUT2D eigenvalue weighted by Gasteiger charge is 2.02. The van der Waals surface area contributed by atoms with Crippen LogP contribution >= 0.6 is 11.6 Å². The highest BCUT2D eigenvalue weighted by molar-refractivity contribution is 6.28. The van der Waals surface area contributed by atoms with Gasteiger partial charge in [0.2, 0.25) is 0 Å². The van der Waals surface area contributed by atoms with Crippen LogP contribution in [0.3, 0.4) is 0 Å². The summed E-state index contributed by atoms with van der Waals surface area (Å²) in [7, 11) is 0. The molecule has 1 aromatic heterocycles. The molecular weight excluding hydrogens is 176 g/mol. The Morgan fingerprint density at radius 1 is 1.50 bits per heavy atom. The summed E-state index contributed by atoms with van der Waals surface area (Å²) in [5.74, 6) is 0. The lowest BCUT2D eigenvalue weighted by atomic mass is 10.2. The van der Waals surface area contributed by atoms with Crippen molar-refractivity contribution in [1.29, 1.82) is 0 Å². The normalized spacial score (nSPS) is 10.8. The second-order valence-corrected chi connectivity index (χ2v) is 2.80. The summed E-state index contributed by atoms with van der Waals surface area (Å²) >= 11 is 5.57. The van der Waals surface area contributed by atoms with Crippen LogP contribution < -0.4 is 5.73 Å². The van der Waals surface area contributed by atoms with Crippen LogP contribution in [0.15, 0.2) is 22.6 Å². The van der Waals surface area contributed by atoms with Crippen molar-refractivity contribution in [2.75, 3.05) is 0 Å². The summed E-state index contributed by atoms with van der Waals surface area (Å²) in [6.45, 7) is 0.500. The van der Waals surface area contributed by atoms with E-state index in [9.17, 15) is 0 Å². The molecule has 0 amide bonds. The molecule has 0 radical (unpaired) electrons. The Labute approximate surface area is 74.1 Å². The first-order valence-corrected chi connectivity index (χ1v) is 3.92. The molecule has 0 saturated heterocycles. The molecule has 4 heteroatoms. The van der Waals surface area contributed by atoms with Crippen LogP contribution in [0, 0.1) is 0 Å². The smallest absolute Gasteiger partial charge is 0.293 e. The number of benzene rings is 1. The van der Waals surface area contributed by atoms with Gasteiger partial charge >= 0.3 is 0 Å². The zero-order valence-corrected chi connectivity index (χ0v) is 7.01. The number of halogens is 1. The highest BCUT2D eigenvalue weighted by Crippen LogP contribution is 2.19. The molecule has 1 heterocycles. The third-order valence-corrected chi connectivity index (χ3v) is 1.82. The van der Waals surface area contributed by atoms with Crippen molar-refractivity contribution in [3.63, 3.8) is 0 Å². The number of nitrogens with two attached hydrogens (primary N) is 1. The molecular formula is C8H7ClN2O. The van der Waals surface area contributed by atoms with E-state index < -0.39 is 0 Å². The first-order valence-electron chi connectivity index (χ1n) is 3.54. The maximum atomic E-state index is 5.57. The van der Waals surface area contributed by atoms with Crippen molar-refractivity contribution in [1.82, 2.24) is 4.98 Å². The first-order chi connectivity index (χ1) is 5.79. The van der Waals surface area contributed by atoms with Crippen molar-refractivity contribution in [2.45, 2.75) is 6.54 Å². The average Bonchev–Trinajstić information content (AvgIpc) is 2.43. The lowest BCUT2D eigenvalue weighted by Crippen LogP contribution is -1.94. The van der Waals surface area contributed by atoms with Crippen molar-refractivity contribution in [3.05, 3.63) is 29.1 Å². The molecule has 0 saturated carbocycles. The Hall–Kier alpha value is -1.06. The molecule has 2 aromatic rings. The van der Waals surface area contributed by atoms with E-state index in [-0.39, 0.29) is 5.35 Å². The van der Waals surface area contributed by atoms with Gasteiger partial charge in [0, 0.05) is 6.54 Å². The summed E-state index contributed by atoms with van der Waals surface area (Å²) in [4.78, 5) is 3.96. The average molecular weight is 183 g/mol. The van der Waals surface area contributed by atoms with E-state index in [1.807, 2.05) is 18.2 Å². The van der Waals surface area contributed by atoms with Crippen LogP contribution in [-0.2, 0) is 6.54 Å². The molecule has 0 unspecified atom stereocenters. The molecule has 3 nitrogen and oxygen atoms in total. The van der Waals surface area contributed by atoms with Gasteiger partial charge in [-0.3, -0.25) is 0 Å². The maximum absolute atomic E-state index is 5.57. The third kappa shape index (κ3) is 1.17. The Morgan fingerprint density at radius 2 is 2.33 bits per heavy atom. The molecule has 1 aromatic carbocycles. The second-order valence-electron chi connectivity index (χ2n) is 2.47. The molecule has 0 atom stereocenters. The minimum atomic E-state index is 0.166. The van der Waals surface area contributed by atoms with E-state index in [0.717, 1.165) is 11.1 Å². The summed E-state index contributed by atoms with van der Waals surface area (Å²) in [5.41, 5.74) is 7.92. The zero-order chi connectivity index (χ0) is 8.55. The van der Waals surface area contributed by atoms with E-state index in [0.29, 0.717) is 12.1 Å². The molecule has 0 aliphatic carbocycles. The Kier molecular flexibility index (Phi) is 1.75. The minimum Gasteiger partial charge on any atom is -0.428 e. The van der Waals surface area contributed by atoms with Gasteiger partial charge in [0.15, 0.2) is 5.58 Å². The summed E-state index contributed by atoms with van der Waals surface area (Å²) < 4.78 is 5.08. The van der Waals surface area contributed by atoms with Gasteiger partial charge in [0.1, 0.15) is 5.52 Å². The highest BCUT2D eigenvalue weighted by atomic mass is 35.5. The molecule has 0 bridgehead atoms. The Bertz CT molecular complexity index is 410. The van der Waals surface area contributed by atoms with Crippen molar-refractivity contribution >= 4 is 22.7 Å². The fourth-order valence-electron chi connectivity index (χ4n) is 1.07. The molecule has 62 valence electrons. The predicted molar refractivity (Wildman–Crippen MR) is 46.9 cm³/mol. The molecule has 2 N–H and O–H groups in total. The lowest BCUT2D eigenvalue weighted by Gasteiger charge is -1.92. The second kappa shape index (κ2) is 2.77. The molecule has 0 aliphatic heterocycles. The maximum Gasteiger partial charge on any atom is 0.293 e. The van der Waals surface area contributed by atoms with Crippen molar-refractivity contribution < 1.29 is 4.42 Å². The number of hydrogen-bond donors (Lipinski definition) is 1. The number of fused-ring (bicyclic) bond motifs is 1. The fourth-order valence-corrected chi connectivity index (χ4v) is 1.25. The van der Waals surface area contributed by atoms with E-state index >= 15 is 0 Å². The van der Waals surface area contributed by atoms with E-state index in [4.69, 9.17) is 21.8 Å². The Balaban J connectivity index is 2.66. The van der Waals surface area contributed by atoms with Crippen molar-refractivity contribution in [3.8, 4) is 0 Å². The van der Waals surface area contributed by atoms with Gasteiger partial charge < -0.3 is 10.2 Å². The van der Waals surface area contributed by atoms with Crippen LogP contribution in [0.5, 0.6) is 0 Å². The van der Waals surface area contributed by atoms with Gasteiger partial charge in [-0.1, -0.05) is 6.07 Å². The molecule has 0 fully saturated rings. The minimum absolute atomic E-state index is 0.166. The molecule has 12 heavy (non-hydrogen) atoms. The quantitative estimate of drug-likeness (QED) is 0.734. The van der Waals surface area contributed by atoms with Gasteiger partial charge in [-0.2, -0.15) is 4.98 Å². The standard InChI is InChI=1S/C8H7ClN2O/c9-8-11-6-3-5(4-10)1-2-7(6)12-8/h1-3H,4,10H2. The molecule has 0 aliphatic rings. The third-order valence-electron chi connectivity index (χ3n) is 1.66. The van der Waals surface area contributed by atoms with Crippen LogP contribution in [0.4, 0.5) is 0 Å². The van der Waals surface area contributed by atoms with Gasteiger partial charge in [-0.25, -0.2) is 0 Å². The largest absolute Gasteiger partial charge is 0.428 e. The SMILES string of the molecule is NCc1ccc2oc(Cl)nc2c1. The topological polar surface area (TPSA) is 52.0 Å². The lowest BCUT2D eigenvalue weighted by molar-refractivity contribution is 0.604. The Morgan fingerprint density at radius 3 is 3.08 bits per heavy atom. The number of oxazole rings is 1. The van der Waals surface area contributed by atoms with Gasteiger partial charge in [0.05, 0.1) is 0 Å². The van der Waals surface area contributed by atoms with Crippen LogP contribution in [0.2, 0.25) is 5.35 Å². The number of aromatic nitrogens is 1. The summed E-state index contributed by atoms with van der Waals surface area (Å²) in [6.07, 6.45) is 0. The zero-order valence-electron chi connectivity index (χ0n) is 6.25. The van der Waals surface area contributed by atoms with E-state index in [1.54, 1.807) is 0 Å². The van der Waals surface area contributed by atoms with Crippen LogP contribution in [0.1, 0.15) is 5.56 Å². The van der Waals surface area contributed by atoms with Crippen molar-refractivity contribution in [2.24, 2.45) is 5.73 Å². The summed E-state index contributed by atoms with van der Waals surface area (Å²) in [5, 5.41) is 0.166. The fraction of sp³-hybridized carbons (Fsp3) is 0.125. The van der Waals surface area contributed by atoms with Gasteiger partial charge in [-0.15, -0.1) is 0 Å². The summed E-state index contributed by atoms with van der Waals surface area (Å²) in [6, 6.07) is 5.57. The molecule has 2 rings (SSSR count). The first kappa shape index (κ1) is 7.58. The monoisotopic (exact) mass is 182 g/mol. The number of nitrogens with zero attached hydrogens (tertiary/aromatic N) is 1. The van der Waals surface area contributed by atoms with E-state index in [2.05, 4.69) is 4.98 Å². The van der Waals surface area contributed by atoms with Crippen LogP contribution in [0.25, 0.3) is 11.1 Å². The molecule has 0 spiro atoms. The van der Waals surface area contributed by atoms with Crippen LogP contribution in [-0.4, -0.2) is 4.98 Å². The van der Waals surface area contributed by atoms with Gasteiger partial charge in [-0.05, 0) is 29.3 Å². The number of hydrogen-bond acceptors (Lipinski definition) is 3. The van der Waals surface area contributed by atoms with Gasteiger partial charge in [0.25, 0.3) is 5.35 Å². The predicted octanol–water partition coefficient (Wildman–Crippen LogP) is 1.94. The number of rotatable bonds is 1.